The monoisotopic (exact) mass is 260 g/mol. The van der Waals surface area contributed by atoms with Crippen molar-refractivity contribution in [2.24, 2.45) is 17.8 Å². The van der Waals surface area contributed by atoms with Crippen LogP contribution in [-0.4, -0.2) is 17.6 Å². The van der Waals surface area contributed by atoms with Gasteiger partial charge in [-0.2, -0.15) is 0 Å². The van der Waals surface area contributed by atoms with E-state index in [1.165, 1.54) is 12.8 Å². The van der Waals surface area contributed by atoms with Gasteiger partial charge in [-0.05, 0) is 44.4 Å². The number of nitrogens with one attached hydrogen (secondary N) is 1. The third-order valence-corrected chi connectivity index (χ3v) is 4.50. The van der Waals surface area contributed by atoms with Crippen LogP contribution in [0.4, 0.5) is 0 Å². The zero-order chi connectivity index (χ0) is 13.4. The minimum absolute atomic E-state index is 0.0705. The summed E-state index contributed by atoms with van der Waals surface area (Å²) in [5.41, 5.74) is 1.74. The van der Waals surface area contributed by atoms with Gasteiger partial charge in [0.25, 0.3) is 0 Å². The quantitative estimate of drug-likeness (QED) is 0.844. The first-order valence-corrected chi connectivity index (χ1v) is 7.00. The largest absolute Gasteiger partial charge is 0.361 e. The van der Waals surface area contributed by atoms with Crippen LogP contribution >= 0.6 is 0 Å². The lowest BCUT2D eigenvalue weighted by Crippen LogP contribution is -2.32. The second-order valence-electron chi connectivity index (χ2n) is 5.82. The van der Waals surface area contributed by atoms with E-state index < -0.39 is 0 Å². The molecule has 0 saturated heterocycles. The SMILES string of the molecule is Cc1noc(C)c1CC(=O)NC[C@@H]1C[C@@H]2C=C[C@H]1C2. The second kappa shape index (κ2) is 4.83. The van der Waals surface area contributed by atoms with Crippen LogP contribution in [0, 0.1) is 31.6 Å². The summed E-state index contributed by atoms with van der Waals surface area (Å²) < 4.78 is 5.08. The molecule has 3 atom stereocenters. The lowest BCUT2D eigenvalue weighted by atomic mass is 9.93. The van der Waals surface area contributed by atoms with E-state index in [4.69, 9.17) is 4.52 Å². The Morgan fingerprint density at radius 2 is 2.26 bits per heavy atom. The van der Waals surface area contributed by atoms with Crippen molar-refractivity contribution in [3.8, 4) is 0 Å². The summed E-state index contributed by atoms with van der Waals surface area (Å²) in [7, 11) is 0. The molecule has 1 amide bonds. The van der Waals surface area contributed by atoms with Crippen LogP contribution in [0.2, 0.25) is 0 Å². The fraction of sp³-hybridized carbons (Fsp3) is 0.600. The normalized spacial score (nSPS) is 28.0. The molecule has 1 fully saturated rings. The number of hydrogen-bond donors (Lipinski definition) is 1. The zero-order valence-electron chi connectivity index (χ0n) is 11.5. The van der Waals surface area contributed by atoms with Crippen molar-refractivity contribution < 1.29 is 9.32 Å². The van der Waals surface area contributed by atoms with Crippen LogP contribution in [0.25, 0.3) is 0 Å². The van der Waals surface area contributed by atoms with Gasteiger partial charge in [-0.3, -0.25) is 4.79 Å². The Morgan fingerprint density at radius 3 is 2.84 bits per heavy atom. The molecular formula is C15H20N2O2. The molecule has 0 radical (unpaired) electrons. The summed E-state index contributed by atoms with van der Waals surface area (Å²) in [5.74, 6) is 2.89. The summed E-state index contributed by atoms with van der Waals surface area (Å²) in [6.07, 6.45) is 7.53. The van der Waals surface area contributed by atoms with Gasteiger partial charge in [0, 0.05) is 12.1 Å². The first kappa shape index (κ1) is 12.5. The van der Waals surface area contributed by atoms with Crippen molar-refractivity contribution in [2.45, 2.75) is 33.1 Å². The maximum absolute atomic E-state index is 12.0. The molecule has 3 rings (SSSR count). The summed E-state index contributed by atoms with van der Waals surface area (Å²) in [6.45, 7) is 4.52. The maximum Gasteiger partial charge on any atom is 0.224 e. The molecule has 0 aromatic carbocycles. The number of hydrogen-bond acceptors (Lipinski definition) is 3. The van der Waals surface area contributed by atoms with Crippen molar-refractivity contribution in [3.05, 3.63) is 29.2 Å². The highest BCUT2D eigenvalue weighted by Crippen LogP contribution is 2.42. The van der Waals surface area contributed by atoms with E-state index >= 15 is 0 Å². The van der Waals surface area contributed by atoms with Crippen molar-refractivity contribution in [1.82, 2.24) is 10.5 Å². The number of amides is 1. The number of nitrogens with zero attached hydrogens (tertiary/aromatic N) is 1. The molecule has 0 spiro atoms. The molecule has 1 aromatic rings. The van der Waals surface area contributed by atoms with Gasteiger partial charge in [0.15, 0.2) is 0 Å². The minimum Gasteiger partial charge on any atom is -0.361 e. The molecular weight excluding hydrogens is 240 g/mol. The van der Waals surface area contributed by atoms with Crippen LogP contribution in [0.5, 0.6) is 0 Å². The number of rotatable bonds is 4. The van der Waals surface area contributed by atoms with E-state index in [-0.39, 0.29) is 5.91 Å². The molecule has 2 bridgehead atoms. The van der Waals surface area contributed by atoms with Gasteiger partial charge in [-0.1, -0.05) is 17.3 Å². The van der Waals surface area contributed by atoms with Crippen LogP contribution < -0.4 is 5.32 Å². The van der Waals surface area contributed by atoms with E-state index in [9.17, 15) is 4.79 Å². The van der Waals surface area contributed by atoms with Crippen molar-refractivity contribution >= 4 is 5.91 Å². The standard InChI is InChI=1S/C15H20N2O2/c1-9-14(10(2)19-17-9)7-15(18)16-8-13-6-11-3-4-12(13)5-11/h3-4,11-13H,5-8H2,1-2H3,(H,16,18)/t11-,12+,13+/m1/s1. The fourth-order valence-corrected chi connectivity index (χ4v) is 3.35. The molecule has 0 aliphatic heterocycles. The maximum atomic E-state index is 12.0. The number of carbonyl (C=O) groups excluding carboxylic acids is 1. The second-order valence-corrected chi connectivity index (χ2v) is 5.82. The van der Waals surface area contributed by atoms with Gasteiger partial charge in [-0.15, -0.1) is 0 Å². The molecule has 2 aliphatic rings. The third kappa shape index (κ3) is 2.44. The minimum atomic E-state index is 0.0705. The Kier molecular flexibility index (Phi) is 3.17. The Morgan fingerprint density at radius 1 is 1.42 bits per heavy atom. The van der Waals surface area contributed by atoms with Gasteiger partial charge >= 0.3 is 0 Å². The number of fused-ring (bicyclic) bond motifs is 2. The topological polar surface area (TPSA) is 55.1 Å². The number of aryl methyl sites for hydroxylation is 2. The average molecular weight is 260 g/mol. The predicted molar refractivity (Wildman–Crippen MR) is 71.5 cm³/mol. The molecule has 1 N–H and O–H groups in total. The van der Waals surface area contributed by atoms with Crippen LogP contribution in [0.15, 0.2) is 16.7 Å². The van der Waals surface area contributed by atoms with Gasteiger partial charge in [0.05, 0.1) is 12.1 Å². The van der Waals surface area contributed by atoms with Gasteiger partial charge < -0.3 is 9.84 Å². The molecule has 4 nitrogen and oxygen atoms in total. The van der Waals surface area contributed by atoms with Crippen LogP contribution in [-0.2, 0) is 11.2 Å². The first-order valence-electron chi connectivity index (χ1n) is 7.00. The molecule has 4 heteroatoms. The highest BCUT2D eigenvalue weighted by Gasteiger charge is 2.35. The Labute approximate surface area is 113 Å². The average Bonchev–Trinajstić information content (AvgIpc) is 3.08. The number of allylic oxidation sites excluding steroid dienone is 2. The van der Waals surface area contributed by atoms with Gasteiger partial charge in [0.2, 0.25) is 5.91 Å². The summed E-state index contributed by atoms with van der Waals surface area (Å²) in [4.78, 5) is 12.0. The fourth-order valence-electron chi connectivity index (χ4n) is 3.35. The first-order chi connectivity index (χ1) is 9.13. The van der Waals surface area contributed by atoms with E-state index in [1.54, 1.807) is 0 Å². The summed E-state index contributed by atoms with van der Waals surface area (Å²) in [6, 6.07) is 0. The van der Waals surface area contributed by atoms with E-state index in [2.05, 4.69) is 22.6 Å². The number of aromatic nitrogens is 1. The molecule has 102 valence electrons. The highest BCUT2D eigenvalue weighted by molar-refractivity contribution is 5.79. The predicted octanol–water partition coefficient (Wildman–Crippen LogP) is 2.16. The smallest absolute Gasteiger partial charge is 0.224 e. The molecule has 19 heavy (non-hydrogen) atoms. The van der Waals surface area contributed by atoms with Gasteiger partial charge in [-0.25, -0.2) is 0 Å². The van der Waals surface area contributed by atoms with Crippen LogP contribution in [0.3, 0.4) is 0 Å². The molecule has 0 unspecified atom stereocenters. The Bertz CT molecular complexity index is 499. The van der Waals surface area contributed by atoms with Crippen molar-refractivity contribution in [3.63, 3.8) is 0 Å². The van der Waals surface area contributed by atoms with Crippen molar-refractivity contribution in [2.75, 3.05) is 6.54 Å². The third-order valence-electron chi connectivity index (χ3n) is 4.50. The summed E-state index contributed by atoms with van der Waals surface area (Å²) in [5, 5.41) is 6.93. The Hall–Kier alpha value is -1.58. The zero-order valence-corrected chi connectivity index (χ0v) is 11.5. The van der Waals surface area contributed by atoms with Crippen LogP contribution in [0.1, 0.15) is 29.9 Å². The molecule has 1 heterocycles. The van der Waals surface area contributed by atoms with E-state index in [1.807, 2.05) is 13.8 Å². The summed E-state index contributed by atoms with van der Waals surface area (Å²) >= 11 is 0. The highest BCUT2D eigenvalue weighted by atomic mass is 16.5. The lowest BCUT2D eigenvalue weighted by molar-refractivity contribution is -0.120. The lowest BCUT2D eigenvalue weighted by Gasteiger charge is -2.18. The van der Waals surface area contributed by atoms with E-state index in [0.29, 0.717) is 18.3 Å². The number of carbonyl (C=O) groups is 1. The molecule has 1 aromatic heterocycles. The Balaban J connectivity index is 1.51. The van der Waals surface area contributed by atoms with E-state index in [0.717, 1.165) is 29.5 Å². The molecule has 2 aliphatic carbocycles. The van der Waals surface area contributed by atoms with Crippen molar-refractivity contribution in [1.29, 1.82) is 0 Å². The van der Waals surface area contributed by atoms with Gasteiger partial charge in [0.1, 0.15) is 5.76 Å². The molecule has 1 saturated carbocycles.